The molecule has 3 nitrogen and oxygen atoms in total. The van der Waals surface area contributed by atoms with Gasteiger partial charge in [0.1, 0.15) is 0 Å². The van der Waals surface area contributed by atoms with Crippen LogP contribution in [-0.2, 0) is 11.2 Å². The van der Waals surface area contributed by atoms with E-state index in [1.165, 1.54) is 6.07 Å². The number of rotatable bonds is 3. The Morgan fingerprint density at radius 3 is 2.80 bits per heavy atom. The van der Waals surface area contributed by atoms with Crippen molar-refractivity contribution >= 4 is 5.91 Å². The van der Waals surface area contributed by atoms with E-state index >= 15 is 0 Å². The van der Waals surface area contributed by atoms with E-state index in [1.54, 1.807) is 4.90 Å². The maximum atomic E-state index is 13.1. The lowest BCUT2D eigenvalue weighted by Crippen LogP contribution is -2.49. The third-order valence-corrected chi connectivity index (χ3v) is 4.01. The third-order valence-electron chi connectivity index (χ3n) is 4.01. The van der Waals surface area contributed by atoms with E-state index in [-0.39, 0.29) is 18.4 Å². The summed E-state index contributed by atoms with van der Waals surface area (Å²) < 4.78 is 26.0. The number of nitrogens with two attached hydrogens (primary N) is 1. The maximum absolute atomic E-state index is 13.1. The summed E-state index contributed by atoms with van der Waals surface area (Å²) in [6.07, 6.45) is 1.83. The topological polar surface area (TPSA) is 46.3 Å². The molecule has 1 saturated heterocycles. The van der Waals surface area contributed by atoms with Crippen molar-refractivity contribution in [1.82, 2.24) is 4.90 Å². The molecule has 2 N–H and O–H groups in total. The number of amides is 1. The predicted octanol–water partition coefficient (Wildman–Crippen LogP) is 2.09. The summed E-state index contributed by atoms with van der Waals surface area (Å²) in [4.78, 5) is 14.0. The van der Waals surface area contributed by atoms with Crippen LogP contribution in [0.4, 0.5) is 8.78 Å². The van der Waals surface area contributed by atoms with Gasteiger partial charge < -0.3 is 10.6 Å². The smallest absolute Gasteiger partial charge is 0.227 e. The van der Waals surface area contributed by atoms with Crippen molar-refractivity contribution < 1.29 is 13.6 Å². The molecule has 2 rings (SSSR count). The molecular formula is C15H20F2N2O. The zero-order chi connectivity index (χ0) is 14.7. The molecule has 1 aromatic rings. The molecule has 0 aliphatic carbocycles. The Hall–Kier alpha value is -1.49. The van der Waals surface area contributed by atoms with Gasteiger partial charge in [-0.05, 0) is 30.0 Å². The molecule has 20 heavy (non-hydrogen) atoms. The zero-order valence-corrected chi connectivity index (χ0v) is 11.6. The van der Waals surface area contributed by atoms with Gasteiger partial charge in [-0.3, -0.25) is 4.79 Å². The Morgan fingerprint density at radius 1 is 1.40 bits per heavy atom. The van der Waals surface area contributed by atoms with Crippen LogP contribution in [0.25, 0.3) is 0 Å². The number of carbonyl (C=O) groups excluding carboxylic acids is 1. The first-order chi connectivity index (χ1) is 9.51. The highest BCUT2D eigenvalue weighted by molar-refractivity contribution is 5.78. The average Bonchev–Trinajstić information content (AvgIpc) is 2.43. The molecule has 0 bridgehead atoms. The first-order valence-electron chi connectivity index (χ1n) is 6.98. The molecule has 0 saturated carbocycles. The minimum Gasteiger partial charge on any atom is -0.342 e. The highest BCUT2D eigenvalue weighted by Gasteiger charge is 2.27. The lowest BCUT2D eigenvalue weighted by molar-refractivity contribution is -0.132. The Labute approximate surface area is 117 Å². The van der Waals surface area contributed by atoms with Crippen LogP contribution in [0.2, 0.25) is 0 Å². The summed E-state index contributed by atoms with van der Waals surface area (Å²) in [5.74, 6) is -1.54. The standard InChI is InChI=1S/C15H20F2N2O/c1-2-11-9-19(6-5-14(11)18)15(20)8-10-3-4-12(16)13(17)7-10/h3-4,7,11,14H,2,5-6,8-9,18H2,1H3. The van der Waals surface area contributed by atoms with E-state index in [9.17, 15) is 13.6 Å². The van der Waals surface area contributed by atoms with E-state index in [0.29, 0.717) is 24.6 Å². The molecule has 1 aliphatic heterocycles. The fourth-order valence-corrected chi connectivity index (χ4v) is 2.64. The van der Waals surface area contributed by atoms with Crippen molar-refractivity contribution in [3.63, 3.8) is 0 Å². The summed E-state index contributed by atoms with van der Waals surface area (Å²) >= 11 is 0. The summed E-state index contributed by atoms with van der Waals surface area (Å²) in [7, 11) is 0. The molecular weight excluding hydrogens is 262 g/mol. The van der Waals surface area contributed by atoms with Gasteiger partial charge in [0.2, 0.25) is 5.91 Å². The number of nitrogens with zero attached hydrogens (tertiary/aromatic N) is 1. The molecule has 1 heterocycles. The minimum atomic E-state index is -0.914. The van der Waals surface area contributed by atoms with Gasteiger partial charge in [-0.2, -0.15) is 0 Å². The number of likely N-dealkylation sites (tertiary alicyclic amines) is 1. The van der Waals surface area contributed by atoms with Crippen LogP contribution in [0.1, 0.15) is 25.3 Å². The lowest BCUT2D eigenvalue weighted by atomic mass is 9.90. The normalized spacial score (nSPS) is 22.9. The molecule has 1 aliphatic rings. The number of benzene rings is 1. The van der Waals surface area contributed by atoms with Crippen LogP contribution in [0.3, 0.4) is 0 Å². The third kappa shape index (κ3) is 3.33. The summed E-state index contributed by atoms with van der Waals surface area (Å²) in [5.41, 5.74) is 6.51. The highest BCUT2D eigenvalue weighted by Crippen LogP contribution is 2.19. The van der Waals surface area contributed by atoms with E-state index in [1.807, 2.05) is 0 Å². The van der Waals surface area contributed by atoms with Crippen LogP contribution in [0.5, 0.6) is 0 Å². The predicted molar refractivity (Wildman–Crippen MR) is 73.0 cm³/mol. The van der Waals surface area contributed by atoms with Gasteiger partial charge in [0, 0.05) is 19.1 Å². The lowest BCUT2D eigenvalue weighted by Gasteiger charge is -2.36. The fourth-order valence-electron chi connectivity index (χ4n) is 2.64. The molecule has 0 spiro atoms. The van der Waals surface area contributed by atoms with Crippen LogP contribution in [-0.4, -0.2) is 29.9 Å². The number of hydrogen-bond acceptors (Lipinski definition) is 2. The summed E-state index contributed by atoms with van der Waals surface area (Å²) in [6, 6.07) is 3.73. The Morgan fingerprint density at radius 2 is 2.15 bits per heavy atom. The number of piperidine rings is 1. The zero-order valence-electron chi connectivity index (χ0n) is 11.6. The SMILES string of the molecule is CCC1CN(C(=O)Cc2ccc(F)c(F)c2)CCC1N. The van der Waals surface area contributed by atoms with Crippen LogP contribution < -0.4 is 5.73 Å². The van der Waals surface area contributed by atoms with E-state index in [2.05, 4.69) is 6.92 Å². The molecule has 110 valence electrons. The van der Waals surface area contributed by atoms with Gasteiger partial charge in [-0.15, -0.1) is 0 Å². The molecule has 1 fully saturated rings. The highest BCUT2D eigenvalue weighted by atomic mass is 19.2. The van der Waals surface area contributed by atoms with E-state index < -0.39 is 11.6 Å². The van der Waals surface area contributed by atoms with Crippen molar-refractivity contribution in [2.45, 2.75) is 32.2 Å². The van der Waals surface area contributed by atoms with Crippen LogP contribution in [0.15, 0.2) is 18.2 Å². The van der Waals surface area contributed by atoms with Crippen LogP contribution in [0, 0.1) is 17.6 Å². The molecule has 1 amide bonds. The second-order valence-electron chi connectivity index (χ2n) is 5.39. The first kappa shape index (κ1) is 14.9. The van der Waals surface area contributed by atoms with E-state index in [0.717, 1.165) is 25.0 Å². The molecule has 2 unspecified atom stereocenters. The van der Waals surface area contributed by atoms with Crippen molar-refractivity contribution in [2.75, 3.05) is 13.1 Å². The van der Waals surface area contributed by atoms with Gasteiger partial charge in [0.05, 0.1) is 6.42 Å². The van der Waals surface area contributed by atoms with Gasteiger partial charge in [0.15, 0.2) is 11.6 Å². The van der Waals surface area contributed by atoms with Crippen LogP contribution >= 0.6 is 0 Å². The Balaban J connectivity index is 1.99. The van der Waals surface area contributed by atoms with E-state index in [4.69, 9.17) is 5.73 Å². The first-order valence-corrected chi connectivity index (χ1v) is 6.98. The number of hydrogen-bond donors (Lipinski definition) is 1. The van der Waals surface area contributed by atoms with Gasteiger partial charge >= 0.3 is 0 Å². The van der Waals surface area contributed by atoms with Crippen molar-refractivity contribution in [3.05, 3.63) is 35.4 Å². The molecule has 1 aromatic carbocycles. The minimum absolute atomic E-state index is 0.0543. The van der Waals surface area contributed by atoms with Gasteiger partial charge in [0.25, 0.3) is 0 Å². The maximum Gasteiger partial charge on any atom is 0.227 e. The van der Waals surface area contributed by atoms with Crippen molar-refractivity contribution in [2.24, 2.45) is 11.7 Å². The van der Waals surface area contributed by atoms with Crippen molar-refractivity contribution in [3.8, 4) is 0 Å². The Kier molecular flexibility index (Phi) is 4.70. The average molecular weight is 282 g/mol. The molecule has 0 radical (unpaired) electrons. The van der Waals surface area contributed by atoms with Crippen molar-refractivity contribution in [1.29, 1.82) is 0 Å². The fraction of sp³-hybridized carbons (Fsp3) is 0.533. The second-order valence-corrected chi connectivity index (χ2v) is 5.39. The van der Waals surface area contributed by atoms with Gasteiger partial charge in [-0.25, -0.2) is 8.78 Å². The molecule has 2 atom stereocenters. The molecule has 0 aromatic heterocycles. The monoisotopic (exact) mass is 282 g/mol. The summed E-state index contributed by atoms with van der Waals surface area (Å²) in [5, 5.41) is 0. The van der Waals surface area contributed by atoms with Gasteiger partial charge in [-0.1, -0.05) is 19.4 Å². The second kappa shape index (κ2) is 6.31. The summed E-state index contributed by atoms with van der Waals surface area (Å²) in [6.45, 7) is 3.36. The Bertz CT molecular complexity index is 493. The quantitative estimate of drug-likeness (QED) is 0.922. The number of halogens is 2. The largest absolute Gasteiger partial charge is 0.342 e. The molecule has 5 heteroatoms. The number of carbonyl (C=O) groups is 1.